The van der Waals surface area contributed by atoms with Gasteiger partial charge >= 0.3 is 0 Å². The molecule has 59 heavy (non-hydrogen) atoms. The Balaban J connectivity index is 0.878. The molecule has 10 aliphatic rings. The number of Topliss-reactive ketones (excluding diaryl/α,β-unsaturated/α-hetero) is 4. The quantitative estimate of drug-likeness (QED) is 0.257. The number of nitrogens with zero attached hydrogens (tertiary/aromatic N) is 2. The number of rotatable bonds is 2. The average molecular weight is 843 g/mol. The van der Waals surface area contributed by atoms with Crippen molar-refractivity contribution in [2.75, 3.05) is 0 Å². The fourth-order valence-corrected chi connectivity index (χ4v) is 20.1. The van der Waals surface area contributed by atoms with Crippen LogP contribution < -0.4 is 0 Å². The van der Waals surface area contributed by atoms with E-state index in [0.29, 0.717) is 23.7 Å². The maximum atomic E-state index is 14.1. The van der Waals surface area contributed by atoms with Gasteiger partial charge < -0.3 is 0 Å². The minimum Gasteiger partial charge on any atom is -0.292 e. The Morgan fingerprint density at radius 3 is 1.10 bits per heavy atom. The zero-order valence-electron chi connectivity index (χ0n) is 34.1. The van der Waals surface area contributed by atoms with Crippen molar-refractivity contribution in [2.45, 2.75) is 152 Å². The molecular formula is C50H54N2O4S3. The van der Waals surface area contributed by atoms with Crippen molar-refractivity contribution >= 4 is 99.5 Å². The smallest absolute Gasteiger partial charge is 0.188 e. The molecule has 0 aliphatic heterocycles. The van der Waals surface area contributed by atoms with Gasteiger partial charge in [-0.1, -0.05) is 89.9 Å². The molecule has 3 heterocycles. The van der Waals surface area contributed by atoms with Crippen LogP contribution in [0, 0.1) is 47.3 Å². The lowest BCUT2D eigenvalue weighted by atomic mass is 9.64. The van der Waals surface area contributed by atoms with Crippen LogP contribution in [0.2, 0.25) is 0 Å². The van der Waals surface area contributed by atoms with Gasteiger partial charge in [-0.05, 0) is 87.2 Å². The number of carbonyl (C=O) groups excluding carboxylic acids is 4. The molecule has 8 atom stereocenters. The van der Waals surface area contributed by atoms with Crippen LogP contribution in [0.5, 0.6) is 0 Å². The molecular weight excluding hydrogens is 789 g/mol. The van der Waals surface area contributed by atoms with Crippen molar-refractivity contribution in [1.82, 2.24) is 0 Å². The molecule has 2 spiro atoms. The lowest BCUT2D eigenvalue weighted by molar-refractivity contribution is -0.123. The van der Waals surface area contributed by atoms with Gasteiger partial charge in [0.25, 0.3) is 0 Å². The minimum absolute atomic E-state index is 0.0333. The van der Waals surface area contributed by atoms with E-state index in [1.165, 1.54) is 104 Å². The second-order valence-electron chi connectivity index (χ2n) is 20.8. The van der Waals surface area contributed by atoms with Crippen LogP contribution in [-0.4, -0.2) is 34.6 Å². The van der Waals surface area contributed by atoms with E-state index in [-0.39, 0.29) is 69.1 Å². The van der Waals surface area contributed by atoms with Gasteiger partial charge in [0.05, 0.1) is 30.2 Å². The van der Waals surface area contributed by atoms with Crippen molar-refractivity contribution in [3.05, 3.63) is 32.3 Å². The highest BCUT2D eigenvalue weighted by Crippen LogP contribution is 2.64. The normalized spacial score (nSPS) is 35.5. The van der Waals surface area contributed by atoms with E-state index in [2.05, 4.69) is 12.2 Å². The Kier molecular flexibility index (Phi) is 8.29. The van der Waals surface area contributed by atoms with Gasteiger partial charge in [0.15, 0.2) is 23.1 Å². The summed E-state index contributed by atoms with van der Waals surface area (Å²) in [7, 11) is 0. The first kappa shape index (κ1) is 36.7. The molecule has 3 aromatic rings. The lowest BCUT2D eigenvalue weighted by Crippen LogP contribution is -2.35. The molecule has 0 amide bonds. The number of ketones is 4. The molecule has 0 aromatic carbocycles. The Hall–Kier alpha value is -2.88. The third-order valence-electron chi connectivity index (χ3n) is 18.2. The third-order valence-corrected chi connectivity index (χ3v) is 22.1. The number of fused-ring (bicyclic) bond motifs is 13. The van der Waals surface area contributed by atoms with Gasteiger partial charge in [0.1, 0.15) is 11.4 Å². The molecule has 306 valence electrons. The highest BCUT2D eigenvalue weighted by Gasteiger charge is 2.56. The maximum Gasteiger partial charge on any atom is 0.188 e. The first-order valence-electron chi connectivity index (χ1n) is 23.6. The first-order chi connectivity index (χ1) is 28.8. The minimum atomic E-state index is -0.257. The fourth-order valence-electron chi connectivity index (χ4n) is 15.3. The second-order valence-corrected chi connectivity index (χ2v) is 23.9. The number of allylic oxidation sites excluding steroid dienone is 2. The Bertz CT molecular complexity index is 2290. The summed E-state index contributed by atoms with van der Waals surface area (Å²) in [6.07, 6.45) is 28.9. The summed E-state index contributed by atoms with van der Waals surface area (Å²) in [5, 5.41) is 0. The summed E-state index contributed by atoms with van der Waals surface area (Å²) in [4.78, 5) is 69.5. The van der Waals surface area contributed by atoms with Crippen LogP contribution in [0.1, 0.15) is 162 Å². The monoisotopic (exact) mass is 842 g/mol. The van der Waals surface area contributed by atoms with E-state index in [1.54, 1.807) is 0 Å². The van der Waals surface area contributed by atoms with Crippen molar-refractivity contribution in [3.8, 4) is 0 Å². The molecule has 0 N–H and O–H groups in total. The summed E-state index contributed by atoms with van der Waals surface area (Å²) < 4.78 is 5.51. The van der Waals surface area contributed by atoms with Gasteiger partial charge in [-0.2, -0.15) is 0 Å². The SMILES string of the molecule is O=C1C(=NC2=Cc3sc4c(sc5c6c(sc54)C=C(N=C4C(=O)C5CC7CCCCC7CC5C4=O)C64CCCCC4)c3C23CCCCC3)C(=O)C2CC3CCCCC3CC12. The van der Waals surface area contributed by atoms with E-state index in [0.717, 1.165) is 88.4 Å². The molecule has 6 nitrogen and oxygen atoms in total. The number of hydrogen-bond donors (Lipinski definition) is 0. The van der Waals surface area contributed by atoms with Crippen LogP contribution in [0.4, 0.5) is 0 Å². The zero-order valence-corrected chi connectivity index (χ0v) is 36.5. The van der Waals surface area contributed by atoms with E-state index in [9.17, 15) is 19.2 Å². The topological polar surface area (TPSA) is 93.0 Å². The van der Waals surface area contributed by atoms with Crippen molar-refractivity contribution in [2.24, 2.45) is 57.3 Å². The molecule has 8 unspecified atom stereocenters. The third kappa shape index (κ3) is 5.07. The summed E-state index contributed by atoms with van der Waals surface area (Å²) in [6.45, 7) is 0. The predicted molar refractivity (Wildman–Crippen MR) is 239 cm³/mol. The maximum absolute atomic E-state index is 14.1. The molecule has 13 rings (SSSR count). The van der Waals surface area contributed by atoms with Crippen molar-refractivity contribution < 1.29 is 19.2 Å². The molecule has 0 radical (unpaired) electrons. The zero-order chi connectivity index (χ0) is 39.4. The number of carbonyl (C=O) groups is 4. The summed E-state index contributed by atoms with van der Waals surface area (Å²) in [6, 6.07) is 0. The Morgan fingerprint density at radius 1 is 0.424 bits per heavy atom. The van der Waals surface area contributed by atoms with Crippen LogP contribution in [0.25, 0.3) is 31.0 Å². The predicted octanol–water partition coefficient (Wildman–Crippen LogP) is 12.1. The molecule has 3 aromatic heterocycles. The first-order valence-corrected chi connectivity index (χ1v) is 26.1. The van der Waals surface area contributed by atoms with Gasteiger partial charge in [0.2, 0.25) is 0 Å². The summed E-state index contributed by atoms with van der Waals surface area (Å²) in [5.74, 6) is 1.87. The van der Waals surface area contributed by atoms with Crippen LogP contribution in [0.15, 0.2) is 21.4 Å². The largest absolute Gasteiger partial charge is 0.292 e. The Morgan fingerprint density at radius 2 is 0.763 bits per heavy atom. The van der Waals surface area contributed by atoms with E-state index >= 15 is 0 Å². The molecule has 10 aliphatic carbocycles. The fraction of sp³-hybridized carbons (Fsp3) is 0.640. The van der Waals surface area contributed by atoms with Crippen molar-refractivity contribution in [1.29, 1.82) is 0 Å². The van der Waals surface area contributed by atoms with E-state index in [4.69, 9.17) is 9.98 Å². The van der Waals surface area contributed by atoms with Crippen molar-refractivity contribution in [3.63, 3.8) is 0 Å². The Labute approximate surface area is 358 Å². The highest BCUT2D eigenvalue weighted by atomic mass is 32.1. The van der Waals surface area contributed by atoms with Gasteiger partial charge in [0, 0.05) is 55.4 Å². The molecule has 0 bridgehead atoms. The lowest BCUT2D eigenvalue weighted by Gasteiger charge is -2.39. The summed E-state index contributed by atoms with van der Waals surface area (Å²) in [5.41, 5.74) is 4.79. The molecule has 9 heteroatoms. The number of hydrogen-bond acceptors (Lipinski definition) is 9. The van der Waals surface area contributed by atoms with E-state index in [1.807, 2.05) is 34.0 Å². The number of thiophene rings is 3. The molecule has 8 saturated carbocycles. The summed E-state index contributed by atoms with van der Waals surface area (Å²) >= 11 is 5.74. The van der Waals surface area contributed by atoms with E-state index < -0.39 is 0 Å². The van der Waals surface area contributed by atoms with Crippen LogP contribution >= 0.6 is 34.0 Å². The van der Waals surface area contributed by atoms with Crippen LogP contribution in [-0.2, 0) is 30.0 Å². The average Bonchev–Trinajstić information content (AvgIpc) is 4.09. The molecule has 8 fully saturated rings. The van der Waals surface area contributed by atoms with Gasteiger partial charge in [-0.15, -0.1) is 34.0 Å². The van der Waals surface area contributed by atoms with Gasteiger partial charge in [-0.3, -0.25) is 19.2 Å². The standard InChI is InChI=1S/C50H54N2O4S3/c53-41-29-19-25-11-3-4-12-26(25)20-30(29)42(54)39(41)51-35-23-33-37(49(35)15-7-1-8-16-49)45-47(57-33)48-46(59-45)38-34(58-48)24-36(50(38)17-9-2-10-18-50)52-40-43(55)31-21-27-13-5-6-14-28(27)22-32(31)44(40)56/h23-32H,1-22H2. The second kappa shape index (κ2) is 13.3. The van der Waals surface area contributed by atoms with Gasteiger partial charge in [-0.25, -0.2) is 9.98 Å². The number of aliphatic imine (C=N–C) groups is 2. The molecule has 0 saturated heterocycles. The highest BCUT2D eigenvalue weighted by molar-refractivity contribution is 7.39. The van der Waals surface area contributed by atoms with Crippen LogP contribution in [0.3, 0.4) is 0 Å².